The van der Waals surface area contributed by atoms with Gasteiger partial charge in [0.1, 0.15) is 0 Å². The Labute approximate surface area is 161 Å². The van der Waals surface area contributed by atoms with Crippen LogP contribution in [-0.2, 0) is 9.13 Å². The summed E-state index contributed by atoms with van der Waals surface area (Å²) < 4.78 is 17.1. The maximum atomic E-state index is 8.55. The first kappa shape index (κ1) is 30.1. The maximum Gasteiger partial charge on any atom is 0.0226 e. The summed E-state index contributed by atoms with van der Waals surface area (Å²) in [6.07, 6.45) is 4.08. The summed E-state index contributed by atoms with van der Waals surface area (Å²) in [5, 5.41) is 0. The Hall–Kier alpha value is 1.38. The average molecular weight is 470 g/mol. The number of halogens is 4. The molecule has 0 N–H and O–H groups in total. The van der Waals surface area contributed by atoms with Crippen molar-refractivity contribution in [3.63, 3.8) is 0 Å². The van der Waals surface area contributed by atoms with E-state index in [-0.39, 0.29) is 0 Å². The predicted molar refractivity (Wildman–Crippen MR) is 83.5 cm³/mol. The van der Waals surface area contributed by atoms with Gasteiger partial charge in [0, 0.05) is 23.5 Å². The maximum absolute atomic E-state index is 8.55. The second-order valence-corrected chi connectivity index (χ2v) is 7.63. The van der Waals surface area contributed by atoms with Crippen molar-refractivity contribution in [2.75, 3.05) is 23.5 Å². The van der Waals surface area contributed by atoms with Gasteiger partial charge in [0.05, 0.1) is 0 Å². The first-order valence-corrected chi connectivity index (χ1v) is 11.6. The highest BCUT2D eigenvalue weighted by Crippen LogP contribution is 2.27. The molecule has 0 radical (unpaired) electrons. The molecular formula is C10H18Cl4O8P2-6. The molecule has 0 saturated carbocycles. The van der Waals surface area contributed by atoms with Gasteiger partial charge in [0.25, 0.3) is 0 Å². The molecule has 0 fully saturated rings. The van der Waals surface area contributed by atoms with E-state index in [2.05, 4.69) is 0 Å². The van der Waals surface area contributed by atoms with Gasteiger partial charge < -0.3 is 38.5 Å². The van der Waals surface area contributed by atoms with E-state index in [1.807, 2.05) is 0 Å². The molecule has 0 aliphatic rings. The minimum atomic E-state index is -5.39. The van der Waals surface area contributed by atoms with Gasteiger partial charge in [-0.15, -0.1) is 46.4 Å². The summed E-state index contributed by atoms with van der Waals surface area (Å²) in [4.78, 5) is 51.3. The molecule has 0 aromatic heterocycles. The fourth-order valence-electron chi connectivity index (χ4n) is 1.79. The molecule has 8 nitrogen and oxygen atoms in total. The van der Waals surface area contributed by atoms with E-state index in [9.17, 15) is 0 Å². The van der Waals surface area contributed by atoms with E-state index in [1.54, 1.807) is 0 Å². The molecule has 0 aromatic rings. The van der Waals surface area contributed by atoms with E-state index in [4.69, 9.17) is 84.9 Å². The first-order valence-electron chi connectivity index (χ1n) is 6.50. The van der Waals surface area contributed by atoms with Gasteiger partial charge in [-0.3, -0.25) is 0 Å². The van der Waals surface area contributed by atoms with E-state index < -0.39 is 15.6 Å². The van der Waals surface area contributed by atoms with Crippen molar-refractivity contribution in [2.24, 2.45) is 11.8 Å². The number of rotatable bonds is 9. The zero-order chi connectivity index (χ0) is 19.8. The molecule has 0 aliphatic carbocycles. The number of hydrogen-bond acceptors (Lipinski definition) is 8. The van der Waals surface area contributed by atoms with Gasteiger partial charge in [0.2, 0.25) is 0 Å². The number of phosphoric acid groups is 2. The zero-order valence-electron chi connectivity index (χ0n) is 12.5. The largest absolute Gasteiger partial charge is 0.822 e. The summed E-state index contributed by atoms with van der Waals surface area (Å²) in [6.45, 7) is 0. The van der Waals surface area contributed by atoms with Crippen molar-refractivity contribution in [2.45, 2.75) is 25.7 Å². The molecule has 24 heavy (non-hydrogen) atoms. The second kappa shape index (κ2) is 17.8. The molecule has 0 aliphatic heterocycles. The minimum absolute atomic E-state index is 0.586. The summed E-state index contributed by atoms with van der Waals surface area (Å²) in [7, 11) is -10.8. The lowest BCUT2D eigenvalue weighted by molar-refractivity contribution is -0.434. The van der Waals surface area contributed by atoms with Crippen molar-refractivity contribution in [1.29, 1.82) is 0 Å². The predicted octanol–water partition coefficient (Wildman–Crippen LogP) is -0.915. The summed E-state index contributed by atoms with van der Waals surface area (Å²) >= 11 is 23.1. The smallest absolute Gasteiger partial charge is 0.0226 e. The third-order valence-electron chi connectivity index (χ3n) is 2.59. The normalized spacial score (nSPS) is 11.7. The molecule has 0 amide bonds. The fourth-order valence-corrected chi connectivity index (χ4v) is 2.91. The van der Waals surface area contributed by atoms with Crippen molar-refractivity contribution in [1.82, 2.24) is 0 Å². The van der Waals surface area contributed by atoms with Crippen LogP contribution in [0.4, 0.5) is 0 Å². The highest BCUT2D eigenvalue weighted by atomic mass is 35.5. The number of hydrogen-bond donors (Lipinski definition) is 0. The molecule has 150 valence electrons. The highest BCUT2D eigenvalue weighted by molar-refractivity contribution is 7.40. The van der Waals surface area contributed by atoms with Crippen LogP contribution < -0.4 is 29.4 Å². The van der Waals surface area contributed by atoms with Crippen LogP contribution >= 0.6 is 62.0 Å². The van der Waals surface area contributed by atoms with Crippen LogP contribution in [0, 0.1) is 11.8 Å². The summed E-state index contributed by atoms with van der Waals surface area (Å²) in [5.41, 5.74) is 0. The van der Waals surface area contributed by atoms with E-state index in [1.165, 1.54) is 0 Å². The minimum Gasteiger partial charge on any atom is -0.822 e. The van der Waals surface area contributed by atoms with Crippen LogP contribution in [0.5, 0.6) is 0 Å². The monoisotopic (exact) mass is 468 g/mol. The lowest BCUT2D eigenvalue weighted by Crippen LogP contribution is -2.24. The lowest BCUT2D eigenvalue weighted by atomic mass is 9.84. The molecule has 14 heteroatoms. The van der Waals surface area contributed by atoms with Crippen LogP contribution in [0.2, 0.25) is 0 Å². The van der Waals surface area contributed by atoms with Crippen LogP contribution in [0.1, 0.15) is 25.7 Å². The summed E-state index contributed by atoms with van der Waals surface area (Å²) in [6, 6.07) is 0. The second-order valence-electron chi connectivity index (χ2n) is 4.33. The zero-order valence-corrected chi connectivity index (χ0v) is 17.3. The molecule has 0 spiro atoms. The van der Waals surface area contributed by atoms with Crippen LogP contribution in [0.15, 0.2) is 0 Å². The lowest BCUT2D eigenvalue weighted by Gasteiger charge is -2.36. The van der Waals surface area contributed by atoms with E-state index in [0.29, 0.717) is 35.4 Å². The standard InChI is InChI=1S/C10H18Cl4.2H3O4P/c11-5-1-9(2-6-12)10(3-7-13)4-8-14;2*1-5(2,3)4/h9-10H,1-8H2;2*(H3,1,2,3,4)/p-6. The van der Waals surface area contributed by atoms with E-state index in [0.717, 1.165) is 25.7 Å². The van der Waals surface area contributed by atoms with Crippen LogP contribution in [0.25, 0.3) is 0 Å². The van der Waals surface area contributed by atoms with Gasteiger partial charge in [-0.25, -0.2) is 0 Å². The molecule has 0 rings (SSSR count). The average Bonchev–Trinajstić information content (AvgIpc) is 2.34. The first-order chi connectivity index (χ1) is 10.8. The number of alkyl halides is 4. The van der Waals surface area contributed by atoms with Gasteiger partial charge in [0.15, 0.2) is 0 Å². The molecule has 0 bridgehead atoms. The Bertz CT molecular complexity index is 302. The molecule has 0 atom stereocenters. The fraction of sp³-hybridized carbons (Fsp3) is 1.00. The Morgan fingerprint density at radius 2 is 0.667 bits per heavy atom. The molecule has 0 unspecified atom stereocenters. The molecular weight excluding hydrogens is 452 g/mol. The van der Waals surface area contributed by atoms with Gasteiger partial charge in [-0.1, -0.05) is 0 Å². The Morgan fingerprint density at radius 3 is 0.750 bits per heavy atom. The molecule has 0 heterocycles. The van der Waals surface area contributed by atoms with Crippen molar-refractivity contribution >= 4 is 62.0 Å². The SMILES string of the molecule is ClCCC(CCCl)C(CCCl)CCCl.O=P([O-])([O-])[O-].O=P([O-])([O-])[O-]. The van der Waals surface area contributed by atoms with Gasteiger partial charge in [-0.05, 0) is 37.5 Å². The topological polar surface area (TPSA) is 172 Å². The Balaban J connectivity index is -0.000000361. The quantitative estimate of drug-likeness (QED) is 0.308. The van der Waals surface area contributed by atoms with Gasteiger partial charge >= 0.3 is 0 Å². The highest BCUT2D eigenvalue weighted by Gasteiger charge is 2.19. The van der Waals surface area contributed by atoms with Gasteiger partial charge in [-0.2, -0.15) is 15.6 Å². The Kier molecular flexibility index (Phi) is 22.3. The third-order valence-corrected chi connectivity index (χ3v) is 3.46. The van der Waals surface area contributed by atoms with Crippen molar-refractivity contribution in [3.05, 3.63) is 0 Å². The summed E-state index contributed by atoms with van der Waals surface area (Å²) in [5.74, 6) is 3.96. The van der Waals surface area contributed by atoms with Crippen LogP contribution in [0.3, 0.4) is 0 Å². The molecule has 0 saturated heterocycles. The molecule has 0 aromatic carbocycles. The van der Waals surface area contributed by atoms with E-state index >= 15 is 0 Å². The Morgan fingerprint density at radius 1 is 0.542 bits per heavy atom. The van der Waals surface area contributed by atoms with Crippen molar-refractivity contribution in [3.8, 4) is 0 Å². The third kappa shape index (κ3) is 38.8. The van der Waals surface area contributed by atoms with Crippen LogP contribution in [-0.4, -0.2) is 23.5 Å². The van der Waals surface area contributed by atoms with Crippen molar-refractivity contribution < 1.29 is 38.5 Å².